The summed E-state index contributed by atoms with van der Waals surface area (Å²) in [5.41, 5.74) is 0. The summed E-state index contributed by atoms with van der Waals surface area (Å²) in [5, 5.41) is 18.7. The van der Waals surface area contributed by atoms with E-state index < -0.39 is 12.1 Å². The summed E-state index contributed by atoms with van der Waals surface area (Å²) in [5.74, 6) is -0.675. The number of carboxylic acids is 1. The number of hydrogen-bond acceptors (Lipinski definition) is 3. The van der Waals surface area contributed by atoms with Crippen molar-refractivity contribution in [2.24, 2.45) is 0 Å². The minimum Gasteiger partial charge on any atom is -0.481 e. The van der Waals surface area contributed by atoms with E-state index >= 15 is 0 Å². The summed E-state index contributed by atoms with van der Waals surface area (Å²) in [6.45, 7) is 2.12. The molecule has 0 aromatic carbocycles. The van der Waals surface area contributed by atoms with Gasteiger partial charge in [-0.05, 0) is 44.9 Å². The Labute approximate surface area is 227 Å². The second kappa shape index (κ2) is 28.4. The molecular weight excluding hydrogens is 460 g/mol. The van der Waals surface area contributed by atoms with Crippen LogP contribution in [-0.4, -0.2) is 35.5 Å². The van der Waals surface area contributed by atoms with Crippen molar-refractivity contribution in [1.82, 2.24) is 0 Å². The summed E-state index contributed by atoms with van der Waals surface area (Å²) in [6, 6.07) is 0. The lowest BCUT2D eigenvalue weighted by Crippen LogP contribution is -2.04. The van der Waals surface area contributed by atoms with E-state index in [1.165, 1.54) is 51.4 Å². The summed E-state index contributed by atoms with van der Waals surface area (Å²) in [4.78, 5) is 10.5. The molecule has 0 rings (SSSR count). The van der Waals surface area contributed by atoms with E-state index in [0.717, 1.165) is 38.5 Å². The molecule has 4 nitrogen and oxygen atoms in total. The molecule has 0 aromatic rings. The number of allylic oxidation sites excluding steroid dienone is 8. The van der Waals surface area contributed by atoms with Crippen LogP contribution in [0, 0.1) is 0 Å². The quantitative estimate of drug-likeness (QED) is 0.0724. The predicted molar refractivity (Wildman–Crippen MR) is 159 cm³/mol. The van der Waals surface area contributed by atoms with Gasteiger partial charge in [0.15, 0.2) is 0 Å². The average molecular weight is 515 g/mol. The van der Waals surface area contributed by atoms with Gasteiger partial charge in [0.05, 0.1) is 12.2 Å². The Morgan fingerprint density at radius 3 is 1.89 bits per heavy atom. The number of hydrogen-bond donors (Lipinski definition) is 2. The van der Waals surface area contributed by atoms with E-state index in [9.17, 15) is 9.90 Å². The first-order valence-electron chi connectivity index (χ1n) is 14.5. The Bertz CT molecular complexity index is 684. The van der Waals surface area contributed by atoms with Crippen LogP contribution in [0.3, 0.4) is 0 Å². The van der Waals surface area contributed by atoms with E-state index in [1.54, 1.807) is 7.11 Å². The van der Waals surface area contributed by atoms with Crippen LogP contribution < -0.4 is 0 Å². The molecule has 0 bridgehead atoms. The van der Waals surface area contributed by atoms with Gasteiger partial charge in [-0.3, -0.25) is 4.79 Å². The van der Waals surface area contributed by atoms with Gasteiger partial charge < -0.3 is 14.9 Å². The third-order valence-corrected chi connectivity index (χ3v) is 6.06. The van der Waals surface area contributed by atoms with Crippen molar-refractivity contribution in [1.29, 1.82) is 0 Å². The molecule has 2 atom stereocenters. The molecule has 0 aliphatic rings. The lowest BCUT2D eigenvalue weighted by atomic mass is 10.1. The number of rotatable bonds is 25. The van der Waals surface area contributed by atoms with Crippen molar-refractivity contribution in [2.75, 3.05) is 7.11 Å². The molecule has 210 valence electrons. The van der Waals surface area contributed by atoms with Crippen LogP contribution >= 0.6 is 0 Å². The Balaban J connectivity index is 3.64. The van der Waals surface area contributed by atoms with Crippen molar-refractivity contribution in [3.63, 3.8) is 0 Å². The second-order valence-corrected chi connectivity index (χ2v) is 9.49. The highest BCUT2D eigenvalue weighted by molar-refractivity contribution is 5.66. The smallest absolute Gasteiger partial charge is 0.303 e. The molecule has 0 amide bonds. The number of aliphatic carboxylic acids is 1. The molecule has 0 heterocycles. The summed E-state index contributed by atoms with van der Waals surface area (Å²) >= 11 is 0. The topological polar surface area (TPSA) is 66.8 Å². The molecule has 0 fully saturated rings. The second-order valence-electron chi connectivity index (χ2n) is 9.49. The lowest BCUT2D eigenvalue weighted by Gasteiger charge is -2.06. The third-order valence-electron chi connectivity index (χ3n) is 6.06. The predicted octanol–water partition coefficient (Wildman–Crippen LogP) is 9.05. The minimum absolute atomic E-state index is 0.0946. The number of carbonyl (C=O) groups is 1. The molecule has 0 unspecified atom stereocenters. The zero-order valence-corrected chi connectivity index (χ0v) is 23.6. The third kappa shape index (κ3) is 28.3. The Kier molecular flexibility index (Phi) is 26.7. The van der Waals surface area contributed by atoms with Gasteiger partial charge in [-0.15, -0.1) is 0 Å². The summed E-state index contributed by atoms with van der Waals surface area (Å²) in [7, 11) is 1.72. The number of methoxy groups -OCH3 is 1. The lowest BCUT2D eigenvalue weighted by molar-refractivity contribution is -0.137. The monoisotopic (exact) mass is 514 g/mol. The largest absolute Gasteiger partial charge is 0.481 e. The number of aliphatic hydroxyl groups is 1. The molecule has 0 aliphatic heterocycles. The van der Waals surface area contributed by atoms with Crippen LogP contribution in [0.2, 0.25) is 0 Å². The van der Waals surface area contributed by atoms with E-state index in [2.05, 4.69) is 37.3 Å². The molecule has 4 heteroatoms. The van der Waals surface area contributed by atoms with Crippen molar-refractivity contribution in [3.8, 4) is 0 Å². The highest BCUT2D eigenvalue weighted by atomic mass is 16.5. The maximum atomic E-state index is 10.5. The van der Waals surface area contributed by atoms with E-state index in [0.29, 0.717) is 12.8 Å². The standard InChI is InChI=1S/C33H54O4/c1-3-4-21-28-32(37-2)29-24-20-19-23-27-31(34)26-22-17-15-13-11-9-7-5-6-8-10-12-14-16-18-25-30-33(35)36/h4,11,13,17,19-24,27,29,31-32,34H,3,5-10,12,14-16,18,25-26,28,30H2,1-2H3,(H,35,36)/b13-11-,20-19+,21-4-,22-17-,27-23+,29-24-/t31-,32+/m1/s1. The zero-order chi connectivity index (χ0) is 27.2. The summed E-state index contributed by atoms with van der Waals surface area (Å²) in [6.07, 6.45) is 41.1. The maximum absolute atomic E-state index is 10.5. The first kappa shape index (κ1) is 34.8. The molecule has 2 N–H and O–H groups in total. The highest BCUT2D eigenvalue weighted by Gasteiger charge is 1.98. The molecule has 0 radical (unpaired) electrons. The average Bonchev–Trinajstić information content (AvgIpc) is 2.88. The SMILES string of the molecule is CC/C=C\C[C@@H](\C=C/C=C/C=C/[C@H](O)C/C=C\C/C=C\CCCCCCCCCCCCC(=O)O)OC. The van der Waals surface area contributed by atoms with Crippen LogP contribution in [-0.2, 0) is 9.53 Å². The van der Waals surface area contributed by atoms with Crippen molar-refractivity contribution in [2.45, 2.75) is 122 Å². The van der Waals surface area contributed by atoms with Gasteiger partial charge in [-0.1, -0.05) is 131 Å². The molecule has 0 saturated heterocycles. The first-order valence-corrected chi connectivity index (χ1v) is 14.5. The van der Waals surface area contributed by atoms with Gasteiger partial charge in [0, 0.05) is 13.5 Å². The van der Waals surface area contributed by atoms with E-state index in [1.807, 2.05) is 42.5 Å². The number of carboxylic acid groups (broad SMARTS) is 1. The van der Waals surface area contributed by atoms with Crippen LogP contribution in [0.5, 0.6) is 0 Å². The minimum atomic E-state index is -0.675. The van der Waals surface area contributed by atoms with Crippen molar-refractivity contribution >= 4 is 5.97 Å². The van der Waals surface area contributed by atoms with Gasteiger partial charge in [0.25, 0.3) is 0 Å². The number of ether oxygens (including phenoxy) is 1. The van der Waals surface area contributed by atoms with Crippen LogP contribution in [0.1, 0.15) is 110 Å². The molecule has 37 heavy (non-hydrogen) atoms. The maximum Gasteiger partial charge on any atom is 0.303 e. The molecule has 0 aliphatic carbocycles. The fraction of sp³-hybridized carbons (Fsp3) is 0.606. The van der Waals surface area contributed by atoms with E-state index in [4.69, 9.17) is 9.84 Å². The molecule has 0 aromatic heterocycles. The molecule has 0 saturated carbocycles. The van der Waals surface area contributed by atoms with Crippen LogP contribution in [0.15, 0.2) is 72.9 Å². The Morgan fingerprint density at radius 1 is 0.703 bits per heavy atom. The number of aliphatic hydroxyl groups excluding tert-OH is 1. The fourth-order valence-electron chi connectivity index (χ4n) is 3.81. The highest BCUT2D eigenvalue weighted by Crippen LogP contribution is 2.12. The van der Waals surface area contributed by atoms with Gasteiger partial charge in [-0.25, -0.2) is 0 Å². The molecule has 0 spiro atoms. The number of unbranched alkanes of at least 4 members (excludes halogenated alkanes) is 10. The Morgan fingerprint density at radius 2 is 1.27 bits per heavy atom. The van der Waals surface area contributed by atoms with E-state index in [-0.39, 0.29) is 6.10 Å². The molecular formula is C33H54O4. The normalized spacial score (nSPS) is 14.5. The van der Waals surface area contributed by atoms with Gasteiger partial charge in [-0.2, -0.15) is 0 Å². The van der Waals surface area contributed by atoms with Crippen molar-refractivity contribution < 1.29 is 19.7 Å². The summed E-state index contributed by atoms with van der Waals surface area (Å²) < 4.78 is 5.42. The van der Waals surface area contributed by atoms with Gasteiger partial charge in [0.2, 0.25) is 0 Å². The van der Waals surface area contributed by atoms with Gasteiger partial charge >= 0.3 is 5.97 Å². The van der Waals surface area contributed by atoms with Crippen LogP contribution in [0.4, 0.5) is 0 Å². The fourth-order valence-corrected chi connectivity index (χ4v) is 3.81. The Hall–Kier alpha value is -2.17. The van der Waals surface area contributed by atoms with Crippen molar-refractivity contribution in [3.05, 3.63) is 72.9 Å². The van der Waals surface area contributed by atoms with Gasteiger partial charge in [0.1, 0.15) is 0 Å². The first-order chi connectivity index (χ1) is 18.1. The van der Waals surface area contributed by atoms with Crippen LogP contribution in [0.25, 0.3) is 0 Å². The zero-order valence-electron chi connectivity index (χ0n) is 23.6.